The summed E-state index contributed by atoms with van der Waals surface area (Å²) in [5.41, 5.74) is 7.65. The third-order valence-electron chi connectivity index (χ3n) is 6.99. The SMILES string of the molecule is CCN1C(=CC=Cc2sc3cc(-c4ccccc4)ccc3[n+]2CC)Sc2cc(-c3ccccc3)ccc21.COS(=O)(=O)[O-]. The number of aryl methyl sites for hydroxylation is 1. The second-order valence-electron chi connectivity index (χ2n) is 9.57. The molecule has 0 spiro atoms. The van der Waals surface area contributed by atoms with Gasteiger partial charge >= 0.3 is 0 Å². The van der Waals surface area contributed by atoms with Gasteiger partial charge in [-0.15, -0.1) is 0 Å². The number of allylic oxidation sites excluding steroid dienone is 2. The molecule has 4 aromatic carbocycles. The Hall–Kier alpha value is -3.73. The lowest BCUT2D eigenvalue weighted by atomic mass is 10.1. The molecule has 6 rings (SSSR count). The number of fused-ring (bicyclic) bond motifs is 2. The van der Waals surface area contributed by atoms with Gasteiger partial charge in [0.2, 0.25) is 15.9 Å². The average Bonchev–Trinajstić information content (AvgIpc) is 3.57. The molecule has 1 aliphatic heterocycles. The van der Waals surface area contributed by atoms with Crippen LogP contribution in [-0.2, 0) is 21.1 Å². The summed E-state index contributed by atoms with van der Waals surface area (Å²) in [5, 5.41) is 2.55. The zero-order valence-electron chi connectivity index (χ0n) is 24.1. The van der Waals surface area contributed by atoms with E-state index in [0.29, 0.717) is 0 Å². The van der Waals surface area contributed by atoms with Crippen LogP contribution in [0.3, 0.4) is 0 Å². The van der Waals surface area contributed by atoms with Gasteiger partial charge in [0, 0.05) is 23.6 Å². The molecule has 6 nitrogen and oxygen atoms in total. The summed E-state index contributed by atoms with van der Waals surface area (Å²) in [6.07, 6.45) is 6.73. The van der Waals surface area contributed by atoms with E-state index in [1.807, 2.05) is 23.1 Å². The van der Waals surface area contributed by atoms with Gasteiger partial charge in [-0.1, -0.05) is 95.9 Å². The number of hydrogen-bond acceptors (Lipinski definition) is 7. The Balaban J connectivity index is 0.000000559. The Kier molecular flexibility index (Phi) is 9.79. The van der Waals surface area contributed by atoms with E-state index in [1.54, 1.807) is 0 Å². The molecule has 0 saturated heterocycles. The Morgan fingerprint density at radius 2 is 1.47 bits per heavy atom. The number of hydrogen-bond donors (Lipinski definition) is 0. The van der Waals surface area contributed by atoms with Crippen molar-refractivity contribution in [2.45, 2.75) is 25.3 Å². The van der Waals surface area contributed by atoms with Gasteiger partial charge in [0.05, 0.1) is 17.8 Å². The van der Waals surface area contributed by atoms with Crippen molar-refractivity contribution in [3.8, 4) is 22.3 Å². The fraction of sp³-hybridized carbons (Fsp3) is 0.147. The van der Waals surface area contributed by atoms with E-state index in [4.69, 9.17) is 0 Å². The number of anilines is 1. The molecule has 1 aliphatic rings. The molecule has 0 bridgehead atoms. The predicted octanol–water partition coefficient (Wildman–Crippen LogP) is 8.12. The van der Waals surface area contributed by atoms with Crippen molar-refractivity contribution in [3.63, 3.8) is 0 Å². The van der Waals surface area contributed by atoms with Gasteiger partial charge in [-0.2, -0.15) is 4.57 Å². The number of benzene rings is 4. The van der Waals surface area contributed by atoms with E-state index in [1.165, 1.54) is 53.1 Å². The van der Waals surface area contributed by atoms with Crippen molar-refractivity contribution >= 4 is 55.5 Å². The first kappa shape index (κ1) is 30.7. The highest BCUT2D eigenvalue weighted by atomic mass is 32.3. The number of rotatable bonds is 7. The summed E-state index contributed by atoms with van der Waals surface area (Å²) in [7, 11) is -3.60. The Bertz CT molecular complexity index is 1880. The molecule has 9 heteroatoms. The van der Waals surface area contributed by atoms with Crippen molar-refractivity contribution in [1.82, 2.24) is 0 Å². The summed E-state index contributed by atoms with van der Waals surface area (Å²) in [6, 6.07) is 34.9. The molecule has 220 valence electrons. The van der Waals surface area contributed by atoms with Gasteiger partial charge in [-0.25, -0.2) is 8.42 Å². The van der Waals surface area contributed by atoms with Crippen LogP contribution in [0.25, 0.3) is 38.5 Å². The minimum absolute atomic E-state index is 0.808. The smallest absolute Gasteiger partial charge is 0.262 e. The topological polar surface area (TPSA) is 73.5 Å². The third-order valence-corrected chi connectivity index (χ3v) is 9.62. The van der Waals surface area contributed by atoms with Crippen molar-refractivity contribution in [1.29, 1.82) is 0 Å². The third kappa shape index (κ3) is 7.26. The van der Waals surface area contributed by atoms with Crippen LogP contribution in [0.15, 0.2) is 119 Å². The lowest BCUT2D eigenvalue weighted by molar-refractivity contribution is -0.665. The Labute approximate surface area is 261 Å². The van der Waals surface area contributed by atoms with Crippen LogP contribution >= 0.6 is 23.1 Å². The maximum Gasteiger partial charge on any atom is 0.262 e. The van der Waals surface area contributed by atoms with Crippen LogP contribution < -0.4 is 9.47 Å². The maximum atomic E-state index is 9.22. The van der Waals surface area contributed by atoms with Crippen LogP contribution in [-0.4, -0.2) is 26.6 Å². The van der Waals surface area contributed by atoms with E-state index < -0.39 is 10.4 Å². The van der Waals surface area contributed by atoms with Crippen molar-refractivity contribution in [2.24, 2.45) is 0 Å². The van der Waals surface area contributed by atoms with E-state index in [2.05, 4.69) is 143 Å². The largest absolute Gasteiger partial charge is 0.726 e. The number of thioether (sulfide) groups is 1. The zero-order chi connectivity index (χ0) is 30.4. The minimum Gasteiger partial charge on any atom is -0.726 e. The second-order valence-corrected chi connectivity index (χ2v) is 12.8. The molecule has 1 aromatic heterocycles. The van der Waals surface area contributed by atoms with Crippen molar-refractivity contribution in [2.75, 3.05) is 18.6 Å². The monoisotopic (exact) mass is 628 g/mol. The summed E-state index contributed by atoms with van der Waals surface area (Å²) in [6.45, 7) is 6.34. The average molecular weight is 629 g/mol. The van der Waals surface area contributed by atoms with Gasteiger partial charge in [-0.3, -0.25) is 4.18 Å². The molecule has 0 amide bonds. The first-order valence-corrected chi connectivity index (χ1v) is 16.8. The van der Waals surface area contributed by atoms with E-state index in [0.717, 1.165) is 20.2 Å². The summed E-state index contributed by atoms with van der Waals surface area (Å²) in [4.78, 5) is 3.73. The quantitative estimate of drug-likeness (QED) is 0.103. The Morgan fingerprint density at radius 1 is 0.860 bits per heavy atom. The first-order valence-electron chi connectivity index (χ1n) is 13.9. The molecule has 0 aliphatic carbocycles. The Morgan fingerprint density at radius 3 is 2.05 bits per heavy atom. The van der Waals surface area contributed by atoms with E-state index >= 15 is 0 Å². The van der Waals surface area contributed by atoms with Crippen LogP contribution in [0.4, 0.5) is 5.69 Å². The fourth-order valence-corrected chi connectivity index (χ4v) is 7.30. The van der Waals surface area contributed by atoms with Crippen molar-refractivity contribution in [3.05, 3.63) is 119 Å². The van der Waals surface area contributed by atoms with Gasteiger partial charge in [-0.05, 0) is 66.4 Å². The molecule has 2 heterocycles. The predicted molar refractivity (Wildman–Crippen MR) is 178 cm³/mol. The minimum atomic E-state index is -4.41. The number of thiazole rings is 1. The van der Waals surface area contributed by atoms with Gasteiger partial charge < -0.3 is 9.45 Å². The maximum absolute atomic E-state index is 9.22. The highest BCUT2D eigenvalue weighted by molar-refractivity contribution is 8.03. The molecule has 0 unspecified atom stereocenters. The standard InChI is InChI=1S/C33H29N2S2.CH4O4S/c1-3-34-28-20-18-26(24-12-7-5-8-13-24)22-30(28)36-32(34)16-11-17-33-35(4-2)29-21-19-27(23-31(29)37-33)25-14-9-6-10-15-25;1-5-6(2,3)4/h5-23H,3-4H2,1-2H3;1H3,(H,2,3,4)/q+1;/p-1. The van der Waals surface area contributed by atoms with Gasteiger partial charge in [0.25, 0.3) is 5.01 Å². The van der Waals surface area contributed by atoms with E-state index in [9.17, 15) is 13.0 Å². The van der Waals surface area contributed by atoms with Crippen molar-refractivity contribution < 1.29 is 21.7 Å². The van der Waals surface area contributed by atoms with Gasteiger partial charge in [0.1, 0.15) is 11.2 Å². The molecule has 0 saturated carbocycles. The fourth-order valence-electron chi connectivity index (χ4n) is 4.94. The van der Waals surface area contributed by atoms with Crippen LogP contribution in [0.2, 0.25) is 0 Å². The molecular formula is C34H32N2O4S3. The number of nitrogens with zero attached hydrogens (tertiary/aromatic N) is 2. The highest BCUT2D eigenvalue weighted by Gasteiger charge is 2.24. The molecule has 0 atom stereocenters. The normalized spacial score (nSPS) is 13.9. The lowest BCUT2D eigenvalue weighted by Crippen LogP contribution is -2.33. The molecule has 0 fully saturated rings. The summed E-state index contributed by atoms with van der Waals surface area (Å²) < 4.78 is 34.7. The second kappa shape index (κ2) is 13.7. The first-order chi connectivity index (χ1) is 20.8. The molecular weight excluding hydrogens is 597 g/mol. The zero-order valence-corrected chi connectivity index (χ0v) is 26.6. The molecule has 0 radical (unpaired) electrons. The van der Waals surface area contributed by atoms with Crippen LogP contribution in [0, 0.1) is 0 Å². The van der Waals surface area contributed by atoms with Gasteiger partial charge in [0.15, 0.2) is 0 Å². The molecule has 43 heavy (non-hydrogen) atoms. The molecule has 0 N–H and O–H groups in total. The molecule has 5 aromatic rings. The lowest BCUT2D eigenvalue weighted by Gasteiger charge is -2.17. The number of aromatic nitrogens is 1. The summed E-state index contributed by atoms with van der Waals surface area (Å²) in [5.74, 6) is 0. The highest BCUT2D eigenvalue weighted by Crippen LogP contribution is 2.47. The van der Waals surface area contributed by atoms with E-state index in [-0.39, 0.29) is 0 Å². The van der Waals surface area contributed by atoms with Crippen LogP contribution in [0.5, 0.6) is 0 Å². The van der Waals surface area contributed by atoms with Crippen LogP contribution in [0.1, 0.15) is 18.9 Å². The summed E-state index contributed by atoms with van der Waals surface area (Å²) >= 11 is 3.72.